The second kappa shape index (κ2) is 9.44. The van der Waals surface area contributed by atoms with Gasteiger partial charge in [-0.15, -0.1) is 0 Å². The van der Waals surface area contributed by atoms with E-state index in [4.69, 9.17) is 4.74 Å². The van der Waals surface area contributed by atoms with E-state index in [1.54, 1.807) is 7.11 Å². The van der Waals surface area contributed by atoms with Gasteiger partial charge in [-0.25, -0.2) is 4.98 Å². The van der Waals surface area contributed by atoms with Crippen molar-refractivity contribution in [1.82, 2.24) is 4.98 Å². The van der Waals surface area contributed by atoms with Crippen molar-refractivity contribution in [3.8, 4) is 5.75 Å². The fourth-order valence-corrected chi connectivity index (χ4v) is 3.55. The van der Waals surface area contributed by atoms with Crippen molar-refractivity contribution in [3.05, 3.63) is 42.6 Å². The zero-order valence-electron chi connectivity index (χ0n) is 17.0. The van der Waals surface area contributed by atoms with E-state index in [9.17, 15) is 4.79 Å². The molecule has 6 heteroatoms. The van der Waals surface area contributed by atoms with Crippen LogP contribution in [0.1, 0.15) is 26.7 Å². The van der Waals surface area contributed by atoms with Gasteiger partial charge in [-0.2, -0.15) is 0 Å². The van der Waals surface area contributed by atoms with Gasteiger partial charge in [0.25, 0.3) is 0 Å². The van der Waals surface area contributed by atoms with Crippen LogP contribution < -0.4 is 19.9 Å². The third-order valence-corrected chi connectivity index (χ3v) is 5.44. The molecule has 1 aromatic carbocycles. The summed E-state index contributed by atoms with van der Waals surface area (Å²) < 4.78 is 5.23. The summed E-state index contributed by atoms with van der Waals surface area (Å²) in [6, 6.07) is 12.1. The lowest BCUT2D eigenvalue weighted by Gasteiger charge is -2.37. The normalized spacial score (nSPS) is 14.3. The Morgan fingerprint density at radius 2 is 1.57 bits per heavy atom. The van der Waals surface area contributed by atoms with E-state index in [1.165, 1.54) is 5.69 Å². The van der Waals surface area contributed by atoms with Gasteiger partial charge in [0.15, 0.2) is 0 Å². The molecule has 0 aliphatic carbocycles. The molecule has 0 atom stereocenters. The third kappa shape index (κ3) is 4.74. The largest absolute Gasteiger partial charge is 0.497 e. The SMILES string of the molecule is CCC(CC)C(=O)Nc1ccc(N2CCN(c3ccc(OC)cc3)CC2)cn1. The Morgan fingerprint density at radius 1 is 1.00 bits per heavy atom. The molecule has 2 aromatic rings. The van der Waals surface area contributed by atoms with Crippen LogP contribution in [0.5, 0.6) is 5.75 Å². The Kier molecular flexibility index (Phi) is 6.74. The number of carbonyl (C=O) groups is 1. The van der Waals surface area contributed by atoms with Crippen LogP contribution in [0.4, 0.5) is 17.2 Å². The molecule has 0 spiro atoms. The van der Waals surface area contributed by atoms with E-state index in [2.05, 4.69) is 32.2 Å². The number of ether oxygens (including phenoxy) is 1. The molecule has 1 aliphatic heterocycles. The maximum atomic E-state index is 12.2. The summed E-state index contributed by atoms with van der Waals surface area (Å²) in [5.41, 5.74) is 2.31. The number of aromatic nitrogens is 1. The smallest absolute Gasteiger partial charge is 0.228 e. The molecule has 3 rings (SSSR count). The fourth-order valence-electron chi connectivity index (χ4n) is 3.55. The molecule has 0 saturated carbocycles. The summed E-state index contributed by atoms with van der Waals surface area (Å²) in [5, 5.41) is 2.92. The van der Waals surface area contributed by atoms with Gasteiger partial charge < -0.3 is 19.9 Å². The second-order valence-electron chi connectivity index (χ2n) is 7.08. The molecule has 1 saturated heterocycles. The molecule has 1 aromatic heterocycles. The van der Waals surface area contributed by atoms with Crippen molar-refractivity contribution in [2.45, 2.75) is 26.7 Å². The number of hydrogen-bond donors (Lipinski definition) is 1. The predicted octanol–water partition coefficient (Wildman–Crippen LogP) is 3.79. The minimum Gasteiger partial charge on any atom is -0.497 e. The summed E-state index contributed by atoms with van der Waals surface area (Å²) in [6.45, 7) is 7.87. The van der Waals surface area contributed by atoms with Gasteiger partial charge in [0.05, 0.1) is 19.0 Å². The molecular weight excluding hydrogens is 352 g/mol. The topological polar surface area (TPSA) is 57.7 Å². The average Bonchev–Trinajstić information content (AvgIpc) is 2.75. The Bertz CT molecular complexity index is 749. The van der Waals surface area contributed by atoms with Crippen molar-refractivity contribution in [3.63, 3.8) is 0 Å². The highest BCUT2D eigenvalue weighted by atomic mass is 16.5. The summed E-state index contributed by atoms with van der Waals surface area (Å²) in [4.78, 5) is 21.4. The summed E-state index contributed by atoms with van der Waals surface area (Å²) in [6.07, 6.45) is 3.54. The Hall–Kier alpha value is -2.76. The van der Waals surface area contributed by atoms with Crippen LogP contribution in [0, 0.1) is 5.92 Å². The highest BCUT2D eigenvalue weighted by Gasteiger charge is 2.19. The first-order valence-corrected chi connectivity index (χ1v) is 10.1. The van der Waals surface area contributed by atoms with E-state index < -0.39 is 0 Å². The van der Waals surface area contributed by atoms with Crippen LogP contribution in [0.2, 0.25) is 0 Å². The van der Waals surface area contributed by atoms with Gasteiger partial charge in [0, 0.05) is 37.8 Å². The molecule has 0 unspecified atom stereocenters. The molecule has 150 valence electrons. The standard InChI is InChI=1S/C22H30N4O2/c1-4-17(5-2)22(27)24-21-11-8-19(16-23-21)26-14-12-25(13-15-26)18-6-9-20(28-3)10-7-18/h6-11,16-17H,4-5,12-15H2,1-3H3,(H,23,24,27). The van der Waals surface area contributed by atoms with Gasteiger partial charge in [-0.1, -0.05) is 13.8 Å². The van der Waals surface area contributed by atoms with E-state index in [1.807, 2.05) is 44.3 Å². The van der Waals surface area contributed by atoms with Crippen LogP contribution in [0.15, 0.2) is 42.6 Å². The minimum atomic E-state index is 0.0486. The number of methoxy groups -OCH3 is 1. The molecule has 1 aliphatic rings. The van der Waals surface area contributed by atoms with E-state index in [0.717, 1.165) is 50.5 Å². The number of nitrogens with zero attached hydrogens (tertiary/aromatic N) is 3. The zero-order chi connectivity index (χ0) is 19.9. The summed E-state index contributed by atoms with van der Waals surface area (Å²) >= 11 is 0. The molecule has 6 nitrogen and oxygen atoms in total. The van der Waals surface area contributed by atoms with E-state index in [-0.39, 0.29) is 11.8 Å². The van der Waals surface area contributed by atoms with E-state index >= 15 is 0 Å². The predicted molar refractivity (Wildman–Crippen MR) is 114 cm³/mol. The van der Waals surface area contributed by atoms with Gasteiger partial charge in [-0.05, 0) is 49.2 Å². The van der Waals surface area contributed by atoms with E-state index in [0.29, 0.717) is 5.82 Å². The van der Waals surface area contributed by atoms with Crippen molar-refractivity contribution in [2.24, 2.45) is 5.92 Å². The van der Waals surface area contributed by atoms with Gasteiger partial charge in [0.1, 0.15) is 11.6 Å². The van der Waals surface area contributed by atoms with Crippen molar-refractivity contribution in [1.29, 1.82) is 0 Å². The number of hydrogen-bond acceptors (Lipinski definition) is 5. The number of nitrogens with one attached hydrogen (secondary N) is 1. The Morgan fingerprint density at radius 3 is 2.07 bits per heavy atom. The number of rotatable bonds is 7. The number of carbonyl (C=O) groups excluding carboxylic acids is 1. The summed E-state index contributed by atoms with van der Waals surface area (Å²) in [7, 11) is 1.68. The lowest BCUT2D eigenvalue weighted by atomic mass is 10.0. The number of pyridine rings is 1. The van der Waals surface area contributed by atoms with Gasteiger partial charge in [-0.3, -0.25) is 4.79 Å². The Labute approximate surface area is 167 Å². The summed E-state index contributed by atoms with van der Waals surface area (Å²) in [5.74, 6) is 1.60. The number of amides is 1. The molecule has 2 heterocycles. The van der Waals surface area contributed by atoms with Crippen LogP contribution >= 0.6 is 0 Å². The first-order chi connectivity index (χ1) is 13.6. The molecule has 0 bridgehead atoms. The van der Waals surface area contributed by atoms with Gasteiger partial charge >= 0.3 is 0 Å². The minimum absolute atomic E-state index is 0.0486. The fraction of sp³-hybridized carbons (Fsp3) is 0.455. The first-order valence-electron chi connectivity index (χ1n) is 10.1. The maximum Gasteiger partial charge on any atom is 0.228 e. The van der Waals surface area contributed by atoms with Crippen LogP contribution in [-0.2, 0) is 4.79 Å². The van der Waals surface area contributed by atoms with Crippen molar-refractivity contribution >= 4 is 23.1 Å². The molecule has 1 amide bonds. The lowest BCUT2D eigenvalue weighted by Crippen LogP contribution is -2.46. The molecular formula is C22H30N4O2. The first kappa shape index (κ1) is 20.0. The number of benzene rings is 1. The molecule has 0 radical (unpaired) electrons. The highest BCUT2D eigenvalue weighted by molar-refractivity contribution is 5.91. The lowest BCUT2D eigenvalue weighted by molar-refractivity contribution is -0.120. The second-order valence-corrected chi connectivity index (χ2v) is 7.08. The number of anilines is 3. The third-order valence-electron chi connectivity index (χ3n) is 5.44. The monoisotopic (exact) mass is 382 g/mol. The van der Waals surface area contributed by atoms with Crippen molar-refractivity contribution in [2.75, 3.05) is 48.4 Å². The molecule has 1 N–H and O–H groups in total. The average molecular weight is 383 g/mol. The highest BCUT2D eigenvalue weighted by Crippen LogP contribution is 2.23. The van der Waals surface area contributed by atoms with Crippen LogP contribution in [0.3, 0.4) is 0 Å². The number of piperazine rings is 1. The maximum absolute atomic E-state index is 12.2. The van der Waals surface area contributed by atoms with Crippen LogP contribution in [0.25, 0.3) is 0 Å². The molecule has 28 heavy (non-hydrogen) atoms. The quantitative estimate of drug-likeness (QED) is 0.789. The zero-order valence-corrected chi connectivity index (χ0v) is 17.0. The van der Waals surface area contributed by atoms with Gasteiger partial charge in [0.2, 0.25) is 5.91 Å². The van der Waals surface area contributed by atoms with Crippen molar-refractivity contribution < 1.29 is 9.53 Å². The van der Waals surface area contributed by atoms with Crippen LogP contribution in [-0.4, -0.2) is 44.2 Å². The Balaban J connectivity index is 1.54. The molecule has 1 fully saturated rings.